The van der Waals surface area contributed by atoms with Crippen molar-refractivity contribution in [3.63, 3.8) is 0 Å². The third-order valence-electron chi connectivity index (χ3n) is 3.84. The van der Waals surface area contributed by atoms with Gasteiger partial charge in [-0.2, -0.15) is 4.39 Å². The first-order valence-corrected chi connectivity index (χ1v) is 10.3. The van der Waals surface area contributed by atoms with Crippen LogP contribution in [0.5, 0.6) is 0 Å². The Morgan fingerprint density at radius 2 is 1.83 bits per heavy atom. The van der Waals surface area contributed by atoms with Crippen molar-refractivity contribution in [1.29, 1.82) is 0 Å². The van der Waals surface area contributed by atoms with Crippen LogP contribution in [-0.2, 0) is 28.9 Å². The molecule has 29 heavy (non-hydrogen) atoms. The van der Waals surface area contributed by atoms with Gasteiger partial charge in [0.15, 0.2) is 0 Å². The molecule has 1 aromatic carbocycles. The first-order valence-electron chi connectivity index (χ1n) is 8.79. The highest BCUT2D eigenvalue weighted by atomic mass is 32.2. The van der Waals surface area contributed by atoms with E-state index in [-0.39, 0.29) is 22.6 Å². The molecule has 0 spiro atoms. The molecule has 2 rings (SSSR count). The van der Waals surface area contributed by atoms with Crippen LogP contribution in [0.3, 0.4) is 0 Å². The van der Waals surface area contributed by atoms with Crippen molar-refractivity contribution < 1.29 is 36.7 Å². The fourth-order valence-corrected chi connectivity index (χ4v) is 4.05. The van der Waals surface area contributed by atoms with E-state index in [4.69, 9.17) is 9.47 Å². The van der Waals surface area contributed by atoms with E-state index < -0.39 is 46.2 Å². The van der Waals surface area contributed by atoms with Crippen LogP contribution in [-0.4, -0.2) is 44.8 Å². The molecule has 1 amide bonds. The molecule has 0 aliphatic carbocycles. The van der Waals surface area contributed by atoms with Gasteiger partial charge in [-0.05, 0) is 44.9 Å². The summed E-state index contributed by atoms with van der Waals surface area (Å²) in [5, 5.41) is 1.99. The van der Waals surface area contributed by atoms with Crippen LogP contribution in [0.1, 0.15) is 39.2 Å². The van der Waals surface area contributed by atoms with Gasteiger partial charge < -0.3 is 14.8 Å². The van der Waals surface area contributed by atoms with Crippen molar-refractivity contribution in [2.75, 3.05) is 6.61 Å². The maximum atomic E-state index is 13.2. The van der Waals surface area contributed by atoms with E-state index in [1.54, 1.807) is 39.0 Å². The summed E-state index contributed by atoms with van der Waals surface area (Å²) in [7, 11) is -3.77. The number of halogens is 1. The van der Waals surface area contributed by atoms with Crippen LogP contribution in [0.15, 0.2) is 34.1 Å². The average Bonchev–Trinajstić information content (AvgIpc) is 2.85. The monoisotopic (exact) mass is 427 g/mol. The second kappa shape index (κ2) is 8.73. The number of carbonyl (C=O) groups excluding carboxylic acids is 3. The first-order chi connectivity index (χ1) is 13.4. The van der Waals surface area contributed by atoms with Crippen LogP contribution in [0.4, 0.5) is 9.18 Å². The number of sulfone groups is 1. The lowest BCUT2D eigenvalue weighted by Gasteiger charge is -2.20. The van der Waals surface area contributed by atoms with Gasteiger partial charge in [-0.1, -0.05) is 18.2 Å². The maximum Gasteiger partial charge on any atom is 0.408 e. The van der Waals surface area contributed by atoms with Gasteiger partial charge in [0.1, 0.15) is 18.2 Å². The summed E-state index contributed by atoms with van der Waals surface area (Å²) in [6.07, 6.45) is -0.436. The van der Waals surface area contributed by atoms with Gasteiger partial charge in [-0.25, -0.2) is 13.2 Å². The molecular formula is C19H22FNO7S. The molecule has 1 N–H and O–H groups in total. The van der Waals surface area contributed by atoms with Crippen molar-refractivity contribution >= 4 is 34.0 Å². The molecule has 10 heteroatoms. The van der Waals surface area contributed by atoms with Crippen molar-refractivity contribution in [2.24, 2.45) is 0 Å². The molecule has 158 valence electrons. The Balaban J connectivity index is 1.90. The van der Waals surface area contributed by atoms with Crippen LogP contribution in [0, 0.1) is 0 Å². The second-order valence-corrected chi connectivity index (χ2v) is 9.33. The van der Waals surface area contributed by atoms with E-state index >= 15 is 0 Å². The number of carbonyl (C=O) groups is 3. The summed E-state index contributed by atoms with van der Waals surface area (Å²) in [4.78, 5) is 34.6. The number of hydrogen-bond donors (Lipinski definition) is 1. The number of rotatable bonds is 7. The van der Waals surface area contributed by atoms with Gasteiger partial charge in [-0.15, -0.1) is 0 Å². The van der Waals surface area contributed by atoms with Crippen LogP contribution in [0.25, 0.3) is 6.08 Å². The summed E-state index contributed by atoms with van der Waals surface area (Å²) in [6, 6.07) is 2.82. The summed E-state index contributed by atoms with van der Waals surface area (Å²) in [5.41, 5.74) is -0.266. The molecule has 1 aliphatic heterocycles. The number of hydrogen-bond acceptors (Lipinski definition) is 7. The highest BCUT2D eigenvalue weighted by molar-refractivity contribution is 7.95. The number of nitrogens with one attached hydrogen (secondary N) is 1. The lowest BCUT2D eigenvalue weighted by Crippen LogP contribution is -2.40. The van der Waals surface area contributed by atoms with Crippen LogP contribution >= 0.6 is 0 Å². The lowest BCUT2D eigenvalue weighted by atomic mass is 10.1. The number of amides is 1. The van der Waals surface area contributed by atoms with E-state index in [1.165, 1.54) is 12.1 Å². The molecule has 0 saturated heterocycles. The molecule has 1 aliphatic rings. The van der Waals surface area contributed by atoms with Crippen LogP contribution in [0.2, 0.25) is 0 Å². The van der Waals surface area contributed by atoms with E-state index in [0.29, 0.717) is 5.56 Å². The summed E-state index contributed by atoms with van der Waals surface area (Å²) in [6.45, 7) is 4.38. The van der Waals surface area contributed by atoms with Crippen molar-refractivity contribution in [3.05, 3.63) is 34.7 Å². The third-order valence-corrected chi connectivity index (χ3v) is 5.72. The van der Waals surface area contributed by atoms with E-state index in [1.807, 2.05) is 5.32 Å². The number of benzene rings is 1. The Labute approximate surface area is 168 Å². The van der Waals surface area contributed by atoms with Gasteiger partial charge in [-0.3, -0.25) is 9.59 Å². The zero-order valence-electron chi connectivity index (χ0n) is 16.2. The Morgan fingerprint density at radius 1 is 1.17 bits per heavy atom. The Bertz CT molecular complexity index is 948. The van der Waals surface area contributed by atoms with Gasteiger partial charge in [0.25, 0.3) is 0 Å². The quantitative estimate of drug-likeness (QED) is 0.525. The summed E-state index contributed by atoms with van der Waals surface area (Å²) in [5.74, 6) is -0.654. The van der Waals surface area contributed by atoms with Crippen molar-refractivity contribution in [1.82, 2.24) is 5.32 Å². The molecular weight excluding hydrogens is 405 g/mol. The Hall–Kier alpha value is -2.75. The van der Waals surface area contributed by atoms with Crippen molar-refractivity contribution in [2.45, 2.75) is 50.2 Å². The van der Waals surface area contributed by atoms with Crippen LogP contribution < -0.4 is 5.32 Å². The topological polar surface area (TPSA) is 116 Å². The lowest BCUT2D eigenvalue weighted by molar-refractivity contribution is -0.155. The summed E-state index contributed by atoms with van der Waals surface area (Å²) >= 11 is 0. The van der Waals surface area contributed by atoms with Crippen molar-refractivity contribution in [3.8, 4) is 0 Å². The highest BCUT2D eigenvalue weighted by Gasteiger charge is 2.30. The smallest absolute Gasteiger partial charge is 0.408 e. The largest absolute Gasteiger partial charge is 0.460 e. The number of ether oxygens (including phenoxy) is 2. The average molecular weight is 427 g/mol. The molecule has 0 saturated carbocycles. The molecule has 1 atom stereocenters. The number of alkyl carbamates (subject to hydrolysis) is 1. The van der Waals surface area contributed by atoms with E-state index in [2.05, 4.69) is 0 Å². The fraction of sp³-hybridized carbons (Fsp3) is 0.421. The van der Waals surface area contributed by atoms with Gasteiger partial charge in [0.05, 0.1) is 9.80 Å². The van der Waals surface area contributed by atoms with Gasteiger partial charge in [0.2, 0.25) is 9.84 Å². The first kappa shape index (κ1) is 22.5. The Kier molecular flexibility index (Phi) is 6.78. The fourth-order valence-electron chi connectivity index (χ4n) is 2.57. The Morgan fingerprint density at radius 3 is 2.41 bits per heavy atom. The minimum absolute atomic E-state index is 0.105. The molecule has 1 aromatic rings. The number of esters is 1. The van der Waals surface area contributed by atoms with E-state index in [9.17, 15) is 27.2 Å². The normalized spacial score (nSPS) is 15.7. The van der Waals surface area contributed by atoms with Gasteiger partial charge >= 0.3 is 18.1 Å². The standard InChI is InChI=1S/C19H22FNO7S/c1-19(2,3)28-16(22)9-8-14(17(20)23)21-18(24)27-11-13-10-12-6-4-5-7-15(12)29(13,25)26/h4-7,10,14H,8-9,11H2,1-3H3,(H,21,24)/t14-/m0/s1. The molecule has 0 fully saturated rings. The zero-order valence-corrected chi connectivity index (χ0v) is 17.0. The second-order valence-electron chi connectivity index (χ2n) is 7.35. The molecule has 0 unspecified atom stereocenters. The molecule has 0 aromatic heterocycles. The predicted molar refractivity (Wildman–Crippen MR) is 101 cm³/mol. The predicted octanol–water partition coefficient (Wildman–Crippen LogP) is 2.53. The summed E-state index contributed by atoms with van der Waals surface area (Å²) < 4.78 is 47.8. The molecule has 8 nitrogen and oxygen atoms in total. The minimum Gasteiger partial charge on any atom is -0.460 e. The molecule has 1 heterocycles. The van der Waals surface area contributed by atoms with E-state index in [0.717, 1.165) is 0 Å². The molecule has 0 bridgehead atoms. The SMILES string of the molecule is CC(C)(C)OC(=O)CC[C@H](NC(=O)OCC1=Cc2ccccc2S1(=O)=O)C(=O)F. The zero-order chi connectivity index (χ0) is 21.8. The molecule has 0 radical (unpaired) electrons. The maximum absolute atomic E-state index is 13.2. The van der Waals surface area contributed by atoms with Gasteiger partial charge in [0, 0.05) is 6.42 Å². The number of fused-ring (bicyclic) bond motifs is 1. The third kappa shape index (κ3) is 6.11. The highest BCUT2D eigenvalue weighted by Crippen LogP contribution is 2.32. The minimum atomic E-state index is -3.77.